The Morgan fingerprint density at radius 1 is 1.60 bits per heavy atom. The number of hydrogen-bond donors (Lipinski definition) is 1. The van der Waals surface area contributed by atoms with Gasteiger partial charge in [-0.2, -0.15) is 0 Å². The number of amides is 1. The molecule has 1 N–H and O–H groups in total. The third-order valence-corrected chi connectivity index (χ3v) is 2.59. The molecule has 0 saturated carbocycles. The predicted octanol–water partition coefficient (Wildman–Crippen LogP) is 1.11. The van der Waals surface area contributed by atoms with Gasteiger partial charge in [0, 0.05) is 13.0 Å². The Bertz CT molecular complexity index is 383. The molecule has 0 unspecified atom stereocenters. The van der Waals surface area contributed by atoms with Crippen LogP contribution in [0, 0.1) is 5.92 Å². The Labute approximate surface area is 88.2 Å². The molecule has 0 aromatic carbocycles. The highest BCUT2D eigenvalue weighted by molar-refractivity contribution is 5.91. The van der Waals surface area contributed by atoms with Crippen LogP contribution in [0.25, 0.3) is 0 Å². The molecule has 1 heterocycles. The van der Waals surface area contributed by atoms with Crippen molar-refractivity contribution in [2.45, 2.75) is 19.3 Å². The van der Waals surface area contributed by atoms with Crippen molar-refractivity contribution >= 4 is 11.9 Å². The summed E-state index contributed by atoms with van der Waals surface area (Å²) in [4.78, 5) is 11.8. The lowest BCUT2D eigenvalue weighted by Gasteiger charge is -2.16. The van der Waals surface area contributed by atoms with Gasteiger partial charge in [0.05, 0.1) is 0 Å². The summed E-state index contributed by atoms with van der Waals surface area (Å²) < 4.78 is 1.69. The lowest BCUT2D eigenvalue weighted by atomic mass is 9.94. The average molecular weight is 206 g/mol. The summed E-state index contributed by atoms with van der Waals surface area (Å²) in [5, 5.41) is 10.3. The molecule has 0 bridgehead atoms. The molecule has 5 nitrogen and oxygen atoms in total. The first-order valence-corrected chi connectivity index (χ1v) is 5.07. The standard InChI is InChI=1S/C10H14N4O/c1-14-7-11-13-10(14)12-9(15)8-5-3-2-4-6-8/h2-3,7-8H,4-6H2,1H3,(H,12,13,15)/t8-/m1/s1. The molecule has 15 heavy (non-hydrogen) atoms. The number of nitrogens with zero attached hydrogens (tertiary/aromatic N) is 3. The number of allylic oxidation sites excluding steroid dienone is 2. The number of nitrogens with one attached hydrogen (secondary N) is 1. The van der Waals surface area contributed by atoms with E-state index >= 15 is 0 Å². The zero-order chi connectivity index (χ0) is 10.7. The van der Waals surface area contributed by atoms with Gasteiger partial charge in [-0.3, -0.25) is 10.1 Å². The van der Waals surface area contributed by atoms with Gasteiger partial charge in [-0.1, -0.05) is 12.2 Å². The first kappa shape index (κ1) is 9.89. The summed E-state index contributed by atoms with van der Waals surface area (Å²) in [6.45, 7) is 0. The molecule has 1 aromatic rings. The Balaban J connectivity index is 1.97. The van der Waals surface area contributed by atoms with Crippen LogP contribution in [0.4, 0.5) is 5.95 Å². The van der Waals surface area contributed by atoms with Gasteiger partial charge in [0.1, 0.15) is 6.33 Å². The molecule has 0 spiro atoms. The van der Waals surface area contributed by atoms with Crippen LogP contribution >= 0.6 is 0 Å². The maximum absolute atomic E-state index is 11.8. The predicted molar refractivity (Wildman–Crippen MR) is 56.1 cm³/mol. The third kappa shape index (κ3) is 2.23. The number of carbonyl (C=O) groups excluding carboxylic acids is 1. The van der Waals surface area contributed by atoms with Crippen LogP contribution in [0.1, 0.15) is 19.3 Å². The van der Waals surface area contributed by atoms with Gasteiger partial charge in [0.2, 0.25) is 11.9 Å². The van der Waals surface area contributed by atoms with Crippen molar-refractivity contribution in [1.29, 1.82) is 0 Å². The van der Waals surface area contributed by atoms with E-state index in [1.165, 1.54) is 0 Å². The minimum absolute atomic E-state index is 0.0375. The van der Waals surface area contributed by atoms with Crippen molar-refractivity contribution in [2.75, 3.05) is 5.32 Å². The van der Waals surface area contributed by atoms with Crippen LogP contribution in [-0.2, 0) is 11.8 Å². The minimum Gasteiger partial charge on any atom is -0.303 e. The van der Waals surface area contributed by atoms with E-state index in [4.69, 9.17) is 0 Å². The van der Waals surface area contributed by atoms with Crippen LogP contribution in [0.15, 0.2) is 18.5 Å². The Morgan fingerprint density at radius 2 is 2.47 bits per heavy atom. The lowest BCUT2D eigenvalue weighted by Crippen LogP contribution is -2.24. The fraction of sp³-hybridized carbons (Fsp3) is 0.500. The molecule has 0 fully saturated rings. The van der Waals surface area contributed by atoms with Gasteiger partial charge < -0.3 is 4.57 Å². The third-order valence-electron chi connectivity index (χ3n) is 2.59. The van der Waals surface area contributed by atoms with Gasteiger partial charge in [0.25, 0.3) is 0 Å². The van der Waals surface area contributed by atoms with Crippen molar-refractivity contribution in [3.63, 3.8) is 0 Å². The van der Waals surface area contributed by atoms with E-state index in [1.54, 1.807) is 17.9 Å². The van der Waals surface area contributed by atoms with Crippen molar-refractivity contribution < 1.29 is 4.79 Å². The fourth-order valence-corrected chi connectivity index (χ4v) is 1.64. The molecule has 1 atom stereocenters. The molecule has 2 rings (SSSR count). The highest BCUT2D eigenvalue weighted by Gasteiger charge is 2.19. The maximum atomic E-state index is 11.8. The monoisotopic (exact) mass is 206 g/mol. The second-order valence-electron chi connectivity index (χ2n) is 3.74. The molecule has 0 saturated heterocycles. The summed E-state index contributed by atoms with van der Waals surface area (Å²) >= 11 is 0. The molecule has 5 heteroatoms. The van der Waals surface area contributed by atoms with Gasteiger partial charge >= 0.3 is 0 Å². The molecule has 0 radical (unpaired) electrons. The van der Waals surface area contributed by atoms with Crippen LogP contribution in [0.3, 0.4) is 0 Å². The molecular weight excluding hydrogens is 192 g/mol. The largest absolute Gasteiger partial charge is 0.303 e. The van der Waals surface area contributed by atoms with Gasteiger partial charge in [-0.15, -0.1) is 10.2 Å². The van der Waals surface area contributed by atoms with E-state index in [2.05, 4.69) is 27.7 Å². The first-order valence-electron chi connectivity index (χ1n) is 5.07. The Morgan fingerprint density at radius 3 is 3.07 bits per heavy atom. The van der Waals surface area contributed by atoms with Crippen LogP contribution < -0.4 is 5.32 Å². The van der Waals surface area contributed by atoms with Crippen LogP contribution in [0.5, 0.6) is 0 Å². The zero-order valence-electron chi connectivity index (χ0n) is 8.68. The second-order valence-corrected chi connectivity index (χ2v) is 3.74. The van der Waals surface area contributed by atoms with Crippen molar-refractivity contribution in [1.82, 2.24) is 14.8 Å². The summed E-state index contributed by atoms with van der Waals surface area (Å²) in [7, 11) is 1.80. The van der Waals surface area contributed by atoms with Crippen molar-refractivity contribution in [2.24, 2.45) is 13.0 Å². The molecule has 1 aliphatic carbocycles. The molecule has 80 valence electrons. The lowest BCUT2D eigenvalue weighted by molar-refractivity contribution is -0.120. The van der Waals surface area contributed by atoms with E-state index in [0.29, 0.717) is 5.95 Å². The number of aryl methyl sites for hydroxylation is 1. The van der Waals surface area contributed by atoms with Crippen molar-refractivity contribution in [3.05, 3.63) is 18.5 Å². The van der Waals surface area contributed by atoms with E-state index in [0.717, 1.165) is 19.3 Å². The fourth-order valence-electron chi connectivity index (χ4n) is 1.64. The Hall–Kier alpha value is -1.65. The second kappa shape index (κ2) is 4.25. The van der Waals surface area contributed by atoms with Gasteiger partial charge in [-0.25, -0.2) is 0 Å². The van der Waals surface area contributed by atoms with Crippen LogP contribution in [-0.4, -0.2) is 20.7 Å². The normalized spacial score (nSPS) is 20.2. The number of carbonyl (C=O) groups is 1. The van der Waals surface area contributed by atoms with Crippen molar-refractivity contribution in [3.8, 4) is 0 Å². The molecule has 1 amide bonds. The summed E-state index contributed by atoms with van der Waals surface area (Å²) in [6, 6.07) is 0. The SMILES string of the molecule is Cn1cnnc1NC(=O)[C@@H]1CC=CCC1. The highest BCUT2D eigenvalue weighted by atomic mass is 16.2. The van der Waals surface area contributed by atoms with E-state index in [9.17, 15) is 4.79 Å². The zero-order valence-corrected chi connectivity index (χ0v) is 8.68. The number of aromatic nitrogens is 3. The van der Waals surface area contributed by atoms with Crippen LogP contribution in [0.2, 0.25) is 0 Å². The minimum atomic E-state index is 0.0375. The average Bonchev–Trinajstić information content (AvgIpc) is 2.66. The van der Waals surface area contributed by atoms with E-state index in [-0.39, 0.29) is 11.8 Å². The summed E-state index contributed by atoms with van der Waals surface area (Å²) in [5.74, 6) is 0.622. The summed E-state index contributed by atoms with van der Waals surface area (Å²) in [5.41, 5.74) is 0. The molecule has 0 aliphatic heterocycles. The highest BCUT2D eigenvalue weighted by Crippen LogP contribution is 2.19. The summed E-state index contributed by atoms with van der Waals surface area (Å²) in [6.07, 6.45) is 8.47. The topological polar surface area (TPSA) is 59.8 Å². The Kier molecular flexibility index (Phi) is 2.80. The number of anilines is 1. The first-order chi connectivity index (χ1) is 7.27. The van der Waals surface area contributed by atoms with E-state index in [1.807, 2.05) is 0 Å². The molecule has 1 aromatic heterocycles. The number of rotatable bonds is 2. The molecule has 1 aliphatic rings. The molecular formula is C10H14N4O. The quantitative estimate of drug-likeness (QED) is 0.737. The van der Waals surface area contributed by atoms with Gasteiger partial charge in [-0.05, 0) is 19.3 Å². The maximum Gasteiger partial charge on any atom is 0.230 e. The number of hydrogen-bond acceptors (Lipinski definition) is 3. The smallest absolute Gasteiger partial charge is 0.230 e. The van der Waals surface area contributed by atoms with E-state index < -0.39 is 0 Å². The van der Waals surface area contributed by atoms with Gasteiger partial charge in [0.15, 0.2) is 0 Å².